The summed E-state index contributed by atoms with van der Waals surface area (Å²) in [5.74, 6) is 0.641. The van der Waals surface area contributed by atoms with Crippen LogP contribution in [0, 0.1) is 11.8 Å². The van der Waals surface area contributed by atoms with Crippen LogP contribution in [0.1, 0.15) is 57.8 Å². The van der Waals surface area contributed by atoms with Gasteiger partial charge in [-0.2, -0.15) is 0 Å². The Morgan fingerprint density at radius 3 is 2.57 bits per heavy atom. The number of hydrogen-bond acceptors (Lipinski definition) is 3. The zero-order valence-corrected chi connectivity index (χ0v) is 15.0. The van der Waals surface area contributed by atoms with E-state index in [0.29, 0.717) is 12.5 Å². The lowest BCUT2D eigenvalue weighted by Crippen LogP contribution is -2.36. The van der Waals surface area contributed by atoms with Crippen LogP contribution in [0.15, 0.2) is 11.6 Å². The summed E-state index contributed by atoms with van der Waals surface area (Å²) >= 11 is 0. The van der Waals surface area contributed by atoms with E-state index in [4.69, 9.17) is 0 Å². The number of amides is 1. The first-order valence-electron chi connectivity index (χ1n) is 8.84. The van der Waals surface area contributed by atoms with Crippen molar-refractivity contribution in [3.05, 3.63) is 11.6 Å². The second-order valence-electron chi connectivity index (χ2n) is 6.99. The molecular weight excluding hydrogens is 312 g/mol. The molecule has 0 heterocycles. The number of hydrogen-bond donors (Lipinski definition) is 2. The van der Waals surface area contributed by atoms with Gasteiger partial charge in [0.1, 0.15) is 0 Å². The molecule has 2 aliphatic rings. The number of rotatable bonds is 7. The maximum absolute atomic E-state index is 12.2. The van der Waals surface area contributed by atoms with E-state index >= 15 is 0 Å². The molecule has 6 heteroatoms. The normalized spacial score (nSPS) is 25.7. The highest BCUT2D eigenvalue weighted by atomic mass is 32.2. The standard InChI is InChI=1S/C17H30N2O3S/c1-23(21,22)19-13-15-7-9-16(10-8-15)17(20)18-12-11-14-5-3-2-4-6-14/h5,15-16,19H,2-4,6-13H2,1H3,(H,18,20). The van der Waals surface area contributed by atoms with Crippen molar-refractivity contribution in [1.29, 1.82) is 0 Å². The molecule has 0 aliphatic heterocycles. The number of carbonyl (C=O) groups excluding carboxylic acids is 1. The van der Waals surface area contributed by atoms with Gasteiger partial charge in [-0.1, -0.05) is 11.6 Å². The van der Waals surface area contributed by atoms with Crippen molar-refractivity contribution in [2.75, 3.05) is 19.3 Å². The van der Waals surface area contributed by atoms with Crippen molar-refractivity contribution in [2.45, 2.75) is 57.8 Å². The summed E-state index contributed by atoms with van der Waals surface area (Å²) in [6, 6.07) is 0. The Bertz CT molecular complexity index is 520. The highest BCUT2D eigenvalue weighted by Gasteiger charge is 2.26. The third kappa shape index (κ3) is 7.04. The van der Waals surface area contributed by atoms with E-state index in [-0.39, 0.29) is 11.8 Å². The van der Waals surface area contributed by atoms with Crippen molar-refractivity contribution in [3.63, 3.8) is 0 Å². The van der Waals surface area contributed by atoms with E-state index in [2.05, 4.69) is 16.1 Å². The molecule has 1 fully saturated rings. The fourth-order valence-corrected chi connectivity index (χ4v) is 4.06. The summed E-state index contributed by atoms with van der Waals surface area (Å²) in [6.07, 6.45) is 13.0. The molecule has 0 aromatic rings. The predicted octanol–water partition coefficient (Wildman–Crippen LogP) is 2.35. The summed E-state index contributed by atoms with van der Waals surface area (Å²) < 4.78 is 24.8. The minimum Gasteiger partial charge on any atom is -0.356 e. The fourth-order valence-electron chi connectivity index (χ4n) is 3.52. The largest absolute Gasteiger partial charge is 0.356 e. The SMILES string of the molecule is CS(=O)(=O)NCC1CCC(C(=O)NCCC2=CCCCC2)CC1. The lowest BCUT2D eigenvalue weighted by atomic mass is 9.81. The van der Waals surface area contributed by atoms with Gasteiger partial charge in [0.25, 0.3) is 0 Å². The summed E-state index contributed by atoms with van der Waals surface area (Å²) in [4.78, 5) is 12.2. The van der Waals surface area contributed by atoms with Gasteiger partial charge >= 0.3 is 0 Å². The fraction of sp³-hybridized carbons (Fsp3) is 0.824. The van der Waals surface area contributed by atoms with E-state index in [1.165, 1.54) is 37.5 Å². The van der Waals surface area contributed by atoms with Gasteiger partial charge in [-0.3, -0.25) is 4.79 Å². The zero-order chi connectivity index (χ0) is 16.7. The molecule has 0 spiro atoms. The topological polar surface area (TPSA) is 75.3 Å². The van der Waals surface area contributed by atoms with Crippen molar-refractivity contribution >= 4 is 15.9 Å². The smallest absolute Gasteiger partial charge is 0.223 e. The van der Waals surface area contributed by atoms with Crippen LogP contribution in [0.4, 0.5) is 0 Å². The molecule has 0 aromatic carbocycles. The molecule has 2 N–H and O–H groups in total. The second-order valence-corrected chi connectivity index (χ2v) is 8.82. The Morgan fingerprint density at radius 2 is 1.96 bits per heavy atom. The molecule has 2 aliphatic carbocycles. The van der Waals surface area contributed by atoms with Gasteiger partial charge < -0.3 is 5.32 Å². The molecule has 0 radical (unpaired) electrons. The summed E-state index contributed by atoms with van der Waals surface area (Å²) in [7, 11) is -3.11. The molecule has 23 heavy (non-hydrogen) atoms. The minimum atomic E-state index is -3.11. The molecule has 0 unspecified atom stereocenters. The van der Waals surface area contributed by atoms with Gasteiger partial charge in [0, 0.05) is 19.0 Å². The van der Waals surface area contributed by atoms with Crippen molar-refractivity contribution < 1.29 is 13.2 Å². The average molecular weight is 343 g/mol. The van der Waals surface area contributed by atoms with Crippen LogP contribution < -0.4 is 10.0 Å². The molecular formula is C17H30N2O3S. The Labute approximate surface area is 140 Å². The first-order valence-corrected chi connectivity index (χ1v) is 10.7. The summed E-state index contributed by atoms with van der Waals surface area (Å²) in [5, 5.41) is 3.08. The third-order valence-electron chi connectivity index (χ3n) is 4.98. The molecule has 0 saturated heterocycles. The van der Waals surface area contributed by atoms with Crippen LogP contribution in [0.3, 0.4) is 0 Å². The van der Waals surface area contributed by atoms with E-state index < -0.39 is 10.0 Å². The van der Waals surface area contributed by atoms with Crippen LogP contribution in [-0.4, -0.2) is 33.7 Å². The zero-order valence-electron chi connectivity index (χ0n) is 14.1. The first-order chi connectivity index (χ1) is 10.9. The average Bonchev–Trinajstić information content (AvgIpc) is 2.54. The van der Waals surface area contributed by atoms with Crippen LogP contribution >= 0.6 is 0 Å². The lowest BCUT2D eigenvalue weighted by Gasteiger charge is -2.27. The van der Waals surface area contributed by atoms with Gasteiger partial charge in [-0.15, -0.1) is 0 Å². The van der Waals surface area contributed by atoms with Gasteiger partial charge in [-0.05, 0) is 63.7 Å². The van der Waals surface area contributed by atoms with E-state index in [1.807, 2.05) is 0 Å². The van der Waals surface area contributed by atoms with Crippen LogP contribution in [0.25, 0.3) is 0 Å². The van der Waals surface area contributed by atoms with Crippen molar-refractivity contribution in [1.82, 2.24) is 10.0 Å². The van der Waals surface area contributed by atoms with Gasteiger partial charge in [-0.25, -0.2) is 13.1 Å². The molecule has 0 atom stereocenters. The number of sulfonamides is 1. The molecule has 5 nitrogen and oxygen atoms in total. The number of carbonyl (C=O) groups is 1. The molecule has 0 bridgehead atoms. The molecule has 132 valence electrons. The maximum atomic E-state index is 12.2. The maximum Gasteiger partial charge on any atom is 0.223 e. The van der Waals surface area contributed by atoms with Crippen LogP contribution in [-0.2, 0) is 14.8 Å². The Balaban J connectivity index is 1.62. The molecule has 1 amide bonds. The number of allylic oxidation sites excluding steroid dienone is 1. The Morgan fingerprint density at radius 1 is 1.22 bits per heavy atom. The molecule has 0 aromatic heterocycles. The second kappa shape index (κ2) is 8.83. The minimum absolute atomic E-state index is 0.102. The van der Waals surface area contributed by atoms with E-state index in [9.17, 15) is 13.2 Å². The van der Waals surface area contributed by atoms with Crippen molar-refractivity contribution in [2.24, 2.45) is 11.8 Å². The lowest BCUT2D eigenvalue weighted by molar-refractivity contribution is -0.126. The summed E-state index contributed by atoms with van der Waals surface area (Å²) in [6.45, 7) is 1.25. The summed E-state index contributed by atoms with van der Waals surface area (Å²) in [5.41, 5.74) is 1.49. The van der Waals surface area contributed by atoms with E-state index in [1.54, 1.807) is 0 Å². The quantitative estimate of drug-likeness (QED) is 0.697. The van der Waals surface area contributed by atoms with Crippen LogP contribution in [0.5, 0.6) is 0 Å². The first kappa shape index (κ1) is 18.5. The van der Waals surface area contributed by atoms with E-state index in [0.717, 1.165) is 38.6 Å². The van der Waals surface area contributed by atoms with Gasteiger partial charge in [0.05, 0.1) is 6.26 Å². The monoisotopic (exact) mass is 342 g/mol. The van der Waals surface area contributed by atoms with Crippen molar-refractivity contribution in [3.8, 4) is 0 Å². The van der Waals surface area contributed by atoms with Gasteiger partial charge in [0.2, 0.25) is 15.9 Å². The highest BCUT2D eigenvalue weighted by Crippen LogP contribution is 2.28. The van der Waals surface area contributed by atoms with Crippen LogP contribution in [0.2, 0.25) is 0 Å². The highest BCUT2D eigenvalue weighted by molar-refractivity contribution is 7.88. The Kier molecular flexibility index (Phi) is 7.09. The predicted molar refractivity (Wildman–Crippen MR) is 92.5 cm³/mol. The Hall–Kier alpha value is -0.880. The number of nitrogens with one attached hydrogen (secondary N) is 2. The van der Waals surface area contributed by atoms with Gasteiger partial charge in [0.15, 0.2) is 0 Å². The molecule has 2 rings (SSSR count). The molecule has 1 saturated carbocycles. The third-order valence-corrected chi connectivity index (χ3v) is 5.67.